The van der Waals surface area contributed by atoms with Crippen molar-refractivity contribution in [2.45, 2.75) is 0 Å². The monoisotopic (exact) mass is 218 g/mol. The van der Waals surface area contributed by atoms with Crippen LogP contribution in [-0.4, -0.2) is 7.04 Å². The second kappa shape index (κ2) is 4.57. The number of rotatable bonds is 3. The van der Waals surface area contributed by atoms with E-state index in [9.17, 15) is 0 Å². The summed E-state index contributed by atoms with van der Waals surface area (Å²) in [7, 11) is -2.48. The van der Waals surface area contributed by atoms with E-state index in [4.69, 9.17) is 19.3 Å². The van der Waals surface area contributed by atoms with Crippen LogP contribution >= 0.6 is 0 Å². The van der Waals surface area contributed by atoms with Crippen LogP contribution in [0.1, 0.15) is 4.11 Å². The maximum absolute atomic E-state index is 7.05. The van der Waals surface area contributed by atoms with Gasteiger partial charge in [0.2, 0.25) is 0 Å². The number of methoxy groups -OCH3 is 1. The zero-order valence-corrected chi connectivity index (χ0v) is 8.51. The van der Waals surface area contributed by atoms with Crippen molar-refractivity contribution < 1.29 is 13.6 Å². The fourth-order valence-corrected chi connectivity index (χ4v) is 1.30. The molecule has 0 heterocycles. The van der Waals surface area contributed by atoms with E-state index < -0.39 is 7.04 Å². The van der Waals surface area contributed by atoms with Crippen molar-refractivity contribution in [2.75, 3.05) is 12.8 Å². The molecule has 0 saturated carbocycles. The molecule has 0 aliphatic heterocycles. The van der Waals surface area contributed by atoms with Gasteiger partial charge >= 0.3 is 0 Å². The molecule has 0 radical (unpaired) electrons. The van der Waals surface area contributed by atoms with Gasteiger partial charge in [-0.15, -0.1) is 0 Å². The van der Waals surface area contributed by atoms with Crippen LogP contribution < -0.4 is 15.2 Å². The molecule has 0 unspecified atom stereocenters. The molecule has 0 bridgehead atoms. The summed E-state index contributed by atoms with van der Waals surface area (Å²) in [5.74, 6) is 1.18. The first kappa shape index (κ1) is 7.17. The Morgan fingerprint density at radius 3 is 2.69 bits per heavy atom. The van der Waals surface area contributed by atoms with Crippen molar-refractivity contribution in [1.82, 2.24) is 0 Å². The lowest BCUT2D eigenvalue weighted by atomic mass is 10.3. The van der Waals surface area contributed by atoms with Gasteiger partial charge in [0.1, 0.15) is 17.2 Å². The summed E-state index contributed by atoms with van der Waals surface area (Å²) in [6.07, 6.45) is 0. The minimum Gasteiger partial charge on any atom is -0.497 e. The Labute approximate surface area is 98.6 Å². The van der Waals surface area contributed by atoms with Crippen LogP contribution in [0.4, 0.5) is 5.69 Å². The Kier molecular flexibility index (Phi) is 2.05. The Bertz CT molecular complexity index is 570. The minimum absolute atomic E-state index is 0.215. The minimum atomic E-state index is -2.48. The van der Waals surface area contributed by atoms with Crippen molar-refractivity contribution in [3.8, 4) is 17.2 Å². The SMILES string of the molecule is [2H]C([2H])([2H])Oc1cccc(Oc2ccccc2N)c1. The highest BCUT2D eigenvalue weighted by molar-refractivity contribution is 5.53. The van der Waals surface area contributed by atoms with E-state index in [1.54, 1.807) is 42.5 Å². The van der Waals surface area contributed by atoms with E-state index >= 15 is 0 Å². The lowest BCUT2D eigenvalue weighted by Crippen LogP contribution is -1.91. The molecule has 2 aromatic rings. The maximum Gasteiger partial charge on any atom is 0.150 e. The summed E-state index contributed by atoms with van der Waals surface area (Å²) < 4.78 is 31.5. The first-order chi connectivity index (χ1) is 8.94. The van der Waals surface area contributed by atoms with E-state index in [2.05, 4.69) is 0 Å². The third-order valence-electron chi connectivity index (χ3n) is 2.07. The Balaban J connectivity index is 2.18. The van der Waals surface area contributed by atoms with Gasteiger partial charge in [-0.3, -0.25) is 0 Å². The summed E-state index contributed by atoms with van der Waals surface area (Å²) in [4.78, 5) is 0. The van der Waals surface area contributed by atoms with Crippen LogP contribution in [0.15, 0.2) is 48.5 Å². The standard InChI is InChI=1S/C13H13NO2/c1-15-10-5-4-6-11(9-10)16-13-8-3-2-7-12(13)14/h2-9H,14H2,1H3/i1D3. The van der Waals surface area contributed by atoms with Crippen LogP contribution in [0.5, 0.6) is 17.2 Å². The van der Waals surface area contributed by atoms with E-state index in [-0.39, 0.29) is 5.75 Å². The molecule has 3 nitrogen and oxygen atoms in total. The molecule has 0 saturated heterocycles. The highest BCUT2D eigenvalue weighted by Crippen LogP contribution is 2.28. The molecule has 0 aliphatic rings. The van der Waals surface area contributed by atoms with Gasteiger partial charge < -0.3 is 15.2 Å². The zero-order chi connectivity index (χ0) is 13.9. The van der Waals surface area contributed by atoms with Crippen LogP contribution in [0.25, 0.3) is 0 Å². The predicted octanol–water partition coefficient (Wildman–Crippen LogP) is 3.07. The van der Waals surface area contributed by atoms with Crippen molar-refractivity contribution in [3.05, 3.63) is 48.5 Å². The van der Waals surface area contributed by atoms with Gasteiger partial charge in [-0.05, 0) is 24.3 Å². The second-order valence-corrected chi connectivity index (χ2v) is 3.22. The van der Waals surface area contributed by atoms with Crippen molar-refractivity contribution in [1.29, 1.82) is 0 Å². The molecule has 16 heavy (non-hydrogen) atoms. The largest absolute Gasteiger partial charge is 0.497 e. The molecule has 0 spiro atoms. The predicted molar refractivity (Wildman–Crippen MR) is 63.9 cm³/mol. The third kappa shape index (κ3) is 2.25. The van der Waals surface area contributed by atoms with Gasteiger partial charge in [0.25, 0.3) is 0 Å². The van der Waals surface area contributed by atoms with Gasteiger partial charge in [-0.25, -0.2) is 0 Å². The lowest BCUT2D eigenvalue weighted by molar-refractivity contribution is 0.409. The van der Waals surface area contributed by atoms with Gasteiger partial charge in [0.05, 0.1) is 16.8 Å². The van der Waals surface area contributed by atoms with E-state index in [1.807, 2.05) is 0 Å². The molecular weight excluding hydrogens is 202 g/mol. The number of hydrogen-bond donors (Lipinski definition) is 1. The molecule has 0 amide bonds. The normalized spacial score (nSPS) is 13.4. The topological polar surface area (TPSA) is 44.5 Å². The Morgan fingerprint density at radius 1 is 1.06 bits per heavy atom. The van der Waals surface area contributed by atoms with Crippen LogP contribution in [0.2, 0.25) is 0 Å². The Hall–Kier alpha value is -2.16. The number of benzene rings is 2. The van der Waals surface area contributed by atoms with Crippen molar-refractivity contribution >= 4 is 5.69 Å². The molecule has 2 rings (SSSR count). The summed E-state index contributed by atoms with van der Waals surface area (Å²) in [6.45, 7) is 0. The van der Waals surface area contributed by atoms with E-state index in [0.29, 0.717) is 17.2 Å². The zero-order valence-electron chi connectivity index (χ0n) is 11.5. The summed E-state index contributed by atoms with van der Waals surface area (Å²) in [6, 6.07) is 13.4. The van der Waals surface area contributed by atoms with Gasteiger partial charge in [-0.1, -0.05) is 18.2 Å². The average Bonchev–Trinajstić information content (AvgIpc) is 2.30. The molecule has 0 atom stereocenters. The second-order valence-electron chi connectivity index (χ2n) is 3.22. The van der Waals surface area contributed by atoms with Crippen LogP contribution in [-0.2, 0) is 0 Å². The molecule has 0 aromatic heterocycles. The number of nitrogen functional groups attached to an aromatic ring is 1. The molecule has 0 aliphatic carbocycles. The van der Waals surface area contributed by atoms with E-state index in [0.717, 1.165) is 0 Å². The third-order valence-corrected chi connectivity index (χ3v) is 2.07. The number of para-hydroxylation sites is 2. The molecule has 82 valence electrons. The molecular formula is C13H13NO2. The highest BCUT2D eigenvalue weighted by atomic mass is 16.5. The highest BCUT2D eigenvalue weighted by Gasteiger charge is 2.01. The summed E-state index contributed by atoms with van der Waals surface area (Å²) in [5.41, 5.74) is 6.27. The number of anilines is 1. The molecule has 3 heteroatoms. The smallest absolute Gasteiger partial charge is 0.150 e. The fourth-order valence-electron chi connectivity index (χ4n) is 1.30. The van der Waals surface area contributed by atoms with Crippen LogP contribution in [0.3, 0.4) is 0 Å². The fraction of sp³-hybridized carbons (Fsp3) is 0.0769. The van der Waals surface area contributed by atoms with Crippen molar-refractivity contribution in [2.24, 2.45) is 0 Å². The number of nitrogens with two attached hydrogens (primary N) is 1. The lowest BCUT2D eigenvalue weighted by Gasteiger charge is -2.08. The number of hydrogen-bond acceptors (Lipinski definition) is 3. The molecule has 2 N–H and O–H groups in total. The average molecular weight is 218 g/mol. The number of ether oxygens (including phenoxy) is 2. The Morgan fingerprint density at radius 2 is 1.88 bits per heavy atom. The van der Waals surface area contributed by atoms with Gasteiger partial charge in [0.15, 0.2) is 0 Å². The summed E-state index contributed by atoms with van der Waals surface area (Å²) in [5, 5.41) is 0. The first-order valence-electron chi connectivity index (χ1n) is 6.25. The van der Waals surface area contributed by atoms with Crippen molar-refractivity contribution in [3.63, 3.8) is 0 Å². The van der Waals surface area contributed by atoms with Crippen LogP contribution in [0, 0.1) is 0 Å². The molecule has 0 fully saturated rings. The first-order valence-corrected chi connectivity index (χ1v) is 4.75. The van der Waals surface area contributed by atoms with E-state index in [1.165, 1.54) is 6.07 Å². The summed E-state index contributed by atoms with van der Waals surface area (Å²) >= 11 is 0. The maximum atomic E-state index is 7.05. The van der Waals surface area contributed by atoms with Gasteiger partial charge in [-0.2, -0.15) is 0 Å². The van der Waals surface area contributed by atoms with Gasteiger partial charge in [0, 0.05) is 6.07 Å². The molecule has 2 aromatic carbocycles. The quantitative estimate of drug-likeness (QED) is 0.805.